The summed E-state index contributed by atoms with van der Waals surface area (Å²) in [6.07, 6.45) is 3.71. The predicted octanol–water partition coefficient (Wildman–Crippen LogP) is 6.51. The van der Waals surface area contributed by atoms with Crippen LogP contribution in [0.2, 0.25) is 5.02 Å². The van der Waals surface area contributed by atoms with Gasteiger partial charge in [-0.25, -0.2) is 4.98 Å². The Balaban J connectivity index is 1.87. The first-order chi connectivity index (χ1) is 13.0. The van der Waals surface area contributed by atoms with Gasteiger partial charge in [-0.15, -0.1) is 0 Å². The minimum atomic E-state index is 0.731. The Hall–Kier alpha value is -2.78. The second kappa shape index (κ2) is 7.09. The van der Waals surface area contributed by atoms with Crippen LogP contribution >= 0.6 is 11.6 Å². The fraction of sp³-hybridized carbons (Fsp3) is 0.174. The van der Waals surface area contributed by atoms with E-state index in [4.69, 9.17) is 21.0 Å². The summed E-state index contributed by atoms with van der Waals surface area (Å²) in [7, 11) is 0. The zero-order valence-electron chi connectivity index (χ0n) is 15.7. The van der Waals surface area contributed by atoms with Gasteiger partial charge in [0.25, 0.3) is 0 Å². The van der Waals surface area contributed by atoms with Gasteiger partial charge in [-0.2, -0.15) is 0 Å². The van der Waals surface area contributed by atoms with Gasteiger partial charge in [0.15, 0.2) is 0 Å². The summed E-state index contributed by atoms with van der Waals surface area (Å²) < 4.78 is 7.74. The molecule has 0 atom stereocenters. The Morgan fingerprint density at radius 3 is 2.56 bits per heavy atom. The zero-order chi connectivity index (χ0) is 19.0. The molecule has 0 bridgehead atoms. The zero-order valence-corrected chi connectivity index (χ0v) is 16.4. The Bertz CT molecular complexity index is 1120. The first-order valence-corrected chi connectivity index (χ1v) is 9.33. The molecular weight excluding hydrogens is 356 g/mol. The minimum Gasteiger partial charge on any atom is -0.465 e. The van der Waals surface area contributed by atoms with E-state index in [0.717, 1.165) is 39.8 Å². The summed E-state index contributed by atoms with van der Waals surface area (Å²) in [6.45, 7) is 7.06. The number of hydrogen-bond acceptors (Lipinski definition) is 2. The Labute approximate surface area is 163 Å². The average molecular weight is 377 g/mol. The predicted molar refractivity (Wildman–Crippen MR) is 112 cm³/mol. The lowest BCUT2D eigenvalue weighted by atomic mass is 10.1. The van der Waals surface area contributed by atoms with E-state index in [9.17, 15) is 0 Å². The van der Waals surface area contributed by atoms with Crippen molar-refractivity contribution in [2.45, 2.75) is 27.3 Å². The Morgan fingerprint density at radius 1 is 1.11 bits per heavy atom. The van der Waals surface area contributed by atoms with Gasteiger partial charge in [0.2, 0.25) is 0 Å². The number of rotatable bonds is 4. The van der Waals surface area contributed by atoms with Gasteiger partial charge in [0, 0.05) is 11.6 Å². The van der Waals surface area contributed by atoms with Gasteiger partial charge < -0.3 is 8.98 Å². The van der Waals surface area contributed by atoms with E-state index in [0.29, 0.717) is 0 Å². The van der Waals surface area contributed by atoms with Crippen molar-refractivity contribution in [1.29, 1.82) is 0 Å². The molecule has 136 valence electrons. The molecule has 0 saturated heterocycles. The fourth-order valence-corrected chi connectivity index (χ4v) is 3.39. The lowest BCUT2D eigenvalue weighted by Crippen LogP contribution is -2.04. The summed E-state index contributed by atoms with van der Waals surface area (Å²) in [5, 5.41) is 0.745. The van der Waals surface area contributed by atoms with Crippen LogP contribution in [0, 0.1) is 13.8 Å². The van der Waals surface area contributed by atoms with Gasteiger partial charge in [-0.3, -0.25) is 0 Å². The minimum absolute atomic E-state index is 0.731. The van der Waals surface area contributed by atoms with Crippen molar-refractivity contribution in [1.82, 2.24) is 9.55 Å². The van der Waals surface area contributed by atoms with Crippen molar-refractivity contribution in [3.63, 3.8) is 0 Å². The molecule has 0 spiro atoms. The normalized spacial score (nSPS) is 12.1. The number of aromatic nitrogens is 2. The lowest BCUT2D eigenvalue weighted by Gasteiger charge is -2.11. The van der Waals surface area contributed by atoms with Crippen LogP contribution in [0.5, 0.6) is 0 Å². The lowest BCUT2D eigenvalue weighted by molar-refractivity contribution is 0.557. The quantitative estimate of drug-likeness (QED) is 0.406. The van der Waals surface area contributed by atoms with E-state index in [1.807, 2.05) is 30.3 Å². The highest BCUT2D eigenvalue weighted by Crippen LogP contribution is 2.27. The third-order valence-electron chi connectivity index (χ3n) is 4.87. The molecule has 0 saturated carbocycles. The average Bonchev–Trinajstić information content (AvgIpc) is 3.26. The molecule has 4 aromatic rings. The molecule has 0 radical (unpaired) electrons. The van der Waals surface area contributed by atoms with Crippen LogP contribution in [-0.4, -0.2) is 9.55 Å². The second-order valence-electron chi connectivity index (χ2n) is 6.92. The monoisotopic (exact) mass is 376 g/mol. The molecular formula is C23H21ClN2O. The van der Waals surface area contributed by atoms with Gasteiger partial charge in [0.1, 0.15) is 11.6 Å². The van der Waals surface area contributed by atoms with E-state index >= 15 is 0 Å². The molecule has 2 aromatic carbocycles. The third kappa shape index (κ3) is 3.56. The van der Waals surface area contributed by atoms with E-state index in [2.05, 4.69) is 49.6 Å². The van der Waals surface area contributed by atoms with Crippen molar-refractivity contribution in [3.05, 3.63) is 88.1 Å². The highest BCUT2D eigenvalue weighted by molar-refractivity contribution is 6.30. The SMILES string of the molecule is CC(=Cc1ccco1)c1nc2cc(C)c(C)cc2n1Cc1ccc(Cl)cc1. The van der Waals surface area contributed by atoms with Crippen molar-refractivity contribution in [2.24, 2.45) is 0 Å². The molecule has 27 heavy (non-hydrogen) atoms. The van der Waals surface area contributed by atoms with Gasteiger partial charge in [-0.05, 0) is 85.5 Å². The number of allylic oxidation sites excluding steroid dienone is 1. The second-order valence-corrected chi connectivity index (χ2v) is 7.35. The van der Waals surface area contributed by atoms with Crippen LogP contribution in [0.25, 0.3) is 22.7 Å². The van der Waals surface area contributed by atoms with Crippen molar-refractivity contribution >= 4 is 34.3 Å². The van der Waals surface area contributed by atoms with E-state index in [1.54, 1.807) is 6.26 Å². The third-order valence-corrected chi connectivity index (χ3v) is 5.12. The van der Waals surface area contributed by atoms with Crippen LogP contribution in [0.15, 0.2) is 59.2 Å². The maximum absolute atomic E-state index is 6.05. The maximum atomic E-state index is 6.05. The topological polar surface area (TPSA) is 31.0 Å². The number of hydrogen-bond donors (Lipinski definition) is 0. The van der Waals surface area contributed by atoms with E-state index in [1.165, 1.54) is 16.7 Å². The molecule has 2 aromatic heterocycles. The van der Waals surface area contributed by atoms with Gasteiger partial charge in [-0.1, -0.05) is 23.7 Å². The Kier molecular flexibility index (Phi) is 4.63. The molecule has 2 heterocycles. The van der Waals surface area contributed by atoms with Crippen LogP contribution < -0.4 is 0 Å². The van der Waals surface area contributed by atoms with Crippen LogP contribution in [0.1, 0.15) is 35.2 Å². The molecule has 0 unspecified atom stereocenters. The molecule has 3 nitrogen and oxygen atoms in total. The van der Waals surface area contributed by atoms with Gasteiger partial charge in [0.05, 0.1) is 17.3 Å². The summed E-state index contributed by atoms with van der Waals surface area (Å²) >= 11 is 6.05. The number of nitrogens with zero attached hydrogens (tertiary/aromatic N) is 2. The summed E-state index contributed by atoms with van der Waals surface area (Å²) in [5.74, 6) is 1.77. The summed E-state index contributed by atoms with van der Waals surface area (Å²) in [6, 6.07) is 16.2. The molecule has 0 aliphatic heterocycles. The molecule has 0 aliphatic rings. The summed E-state index contributed by atoms with van der Waals surface area (Å²) in [5.41, 5.74) is 6.90. The number of furan rings is 1. The van der Waals surface area contributed by atoms with Crippen molar-refractivity contribution in [2.75, 3.05) is 0 Å². The van der Waals surface area contributed by atoms with Crippen LogP contribution in [0.4, 0.5) is 0 Å². The fourth-order valence-electron chi connectivity index (χ4n) is 3.26. The van der Waals surface area contributed by atoms with Crippen LogP contribution in [-0.2, 0) is 6.54 Å². The van der Waals surface area contributed by atoms with Crippen molar-refractivity contribution in [3.8, 4) is 0 Å². The Morgan fingerprint density at radius 2 is 1.85 bits per heavy atom. The van der Waals surface area contributed by atoms with Crippen molar-refractivity contribution < 1.29 is 4.42 Å². The van der Waals surface area contributed by atoms with E-state index in [-0.39, 0.29) is 0 Å². The highest BCUT2D eigenvalue weighted by atomic mass is 35.5. The largest absolute Gasteiger partial charge is 0.465 e. The molecule has 0 amide bonds. The number of benzene rings is 2. The first kappa shape index (κ1) is 17.6. The molecule has 4 rings (SSSR count). The highest BCUT2D eigenvalue weighted by Gasteiger charge is 2.14. The standard InChI is InChI=1S/C23H21ClN2O/c1-15-12-21-22(13-16(15)2)26(14-18-6-8-19(24)9-7-18)23(25-21)17(3)11-20-5-4-10-27-20/h4-13H,14H2,1-3H3. The molecule has 0 fully saturated rings. The number of fused-ring (bicyclic) bond motifs is 1. The van der Waals surface area contributed by atoms with E-state index < -0.39 is 0 Å². The number of halogens is 1. The number of aryl methyl sites for hydroxylation is 2. The first-order valence-electron chi connectivity index (χ1n) is 8.95. The van der Waals surface area contributed by atoms with Gasteiger partial charge >= 0.3 is 0 Å². The van der Waals surface area contributed by atoms with Crippen LogP contribution in [0.3, 0.4) is 0 Å². The smallest absolute Gasteiger partial charge is 0.137 e. The molecule has 0 aliphatic carbocycles. The number of imidazole rings is 1. The molecule has 0 N–H and O–H groups in total. The summed E-state index contributed by atoms with van der Waals surface area (Å²) in [4.78, 5) is 4.94. The maximum Gasteiger partial charge on any atom is 0.137 e. The molecule has 4 heteroatoms.